The van der Waals surface area contributed by atoms with E-state index in [1.165, 1.54) is 0 Å². The van der Waals surface area contributed by atoms with Crippen molar-refractivity contribution in [2.75, 3.05) is 13.6 Å². The molecule has 7 nitrogen and oxygen atoms in total. The Hall–Kier alpha value is -1.92. The highest BCUT2D eigenvalue weighted by Crippen LogP contribution is 2.37. The number of aromatic amines is 1. The van der Waals surface area contributed by atoms with Crippen molar-refractivity contribution >= 4 is 11.8 Å². The lowest BCUT2D eigenvalue weighted by Gasteiger charge is -2.15. The smallest absolute Gasteiger partial charge is 0.224 e. The topological polar surface area (TPSA) is 91.0 Å². The molecule has 0 aromatic carbocycles. The first-order valence-corrected chi connectivity index (χ1v) is 6.87. The Morgan fingerprint density at radius 3 is 2.75 bits per heavy atom. The minimum atomic E-state index is -0.0309. The molecule has 1 fully saturated rings. The second kappa shape index (κ2) is 6.02. The van der Waals surface area contributed by atoms with E-state index in [4.69, 9.17) is 0 Å². The van der Waals surface area contributed by atoms with Crippen LogP contribution in [0, 0.1) is 18.8 Å². The third-order valence-electron chi connectivity index (χ3n) is 3.53. The third kappa shape index (κ3) is 3.79. The number of hydrogen-bond acceptors (Lipinski definition) is 4. The van der Waals surface area contributed by atoms with E-state index in [-0.39, 0.29) is 17.7 Å². The van der Waals surface area contributed by atoms with E-state index in [0.717, 1.165) is 12.2 Å². The van der Waals surface area contributed by atoms with E-state index in [0.29, 0.717) is 31.3 Å². The molecular formula is C13H21N5O2. The van der Waals surface area contributed by atoms with Gasteiger partial charge in [-0.2, -0.15) is 5.10 Å². The van der Waals surface area contributed by atoms with Crippen LogP contribution in [0.15, 0.2) is 0 Å². The largest absolute Gasteiger partial charge is 0.355 e. The molecule has 1 aromatic rings. The molecule has 1 heterocycles. The van der Waals surface area contributed by atoms with Crippen LogP contribution in [0.25, 0.3) is 0 Å². The predicted octanol–water partition coefficient (Wildman–Crippen LogP) is 0.234. The standard InChI is InChI=1S/C13H21N5O2/c1-8-6-10(8)13(20)14-5-4-12(19)18(3)7-11-15-9(2)16-17-11/h8,10H,4-7H2,1-3H3,(H,14,20)(H,15,16,17). The number of carbonyl (C=O) groups excluding carboxylic acids is 2. The van der Waals surface area contributed by atoms with Crippen LogP contribution in [0.1, 0.15) is 31.4 Å². The molecule has 2 N–H and O–H groups in total. The molecule has 0 bridgehead atoms. The maximum absolute atomic E-state index is 11.9. The van der Waals surface area contributed by atoms with E-state index in [1.54, 1.807) is 11.9 Å². The van der Waals surface area contributed by atoms with E-state index in [1.807, 2.05) is 6.92 Å². The molecular weight excluding hydrogens is 258 g/mol. The van der Waals surface area contributed by atoms with Gasteiger partial charge in [0.1, 0.15) is 5.82 Å². The van der Waals surface area contributed by atoms with Crippen LogP contribution >= 0.6 is 0 Å². The molecule has 2 amide bonds. The van der Waals surface area contributed by atoms with Crippen LogP contribution in [-0.4, -0.2) is 45.5 Å². The minimum absolute atomic E-state index is 0.0309. The number of aryl methyl sites for hydroxylation is 1. The highest BCUT2D eigenvalue weighted by atomic mass is 16.2. The number of nitrogens with zero attached hydrogens (tertiary/aromatic N) is 3. The van der Waals surface area contributed by atoms with Crippen LogP contribution < -0.4 is 5.32 Å². The number of carbonyl (C=O) groups is 2. The van der Waals surface area contributed by atoms with Gasteiger partial charge in [-0.1, -0.05) is 6.92 Å². The zero-order valence-corrected chi connectivity index (χ0v) is 12.1. The van der Waals surface area contributed by atoms with Gasteiger partial charge in [-0.3, -0.25) is 14.7 Å². The van der Waals surface area contributed by atoms with E-state index in [9.17, 15) is 9.59 Å². The fourth-order valence-electron chi connectivity index (χ4n) is 2.06. The van der Waals surface area contributed by atoms with Gasteiger partial charge in [0.25, 0.3) is 0 Å². The van der Waals surface area contributed by atoms with Gasteiger partial charge in [-0.05, 0) is 19.3 Å². The quantitative estimate of drug-likeness (QED) is 0.780. The highest BCUT2D eigenvalue weighted by Gasteiger charge is 2.38. The molecule has 2 atom stereocenters. The Bertz CT molecular complexity index is 499. The number of aromatic nitrogens is 3. The molecule has 20 heavy (non-hydrogen) atoms. The van der Waals surface area contributed by atoms with Gasteiger partial charge in [-0.25, -0.2) is 4.98 Å². The van der Waals surface area contributed by atoms with Crippen molar-refractivity contribution in [2.24, 2.45) is 11.8 Å². The van der Waals surface area contributed by atoms with Gasteiger partial charge in [0.05, 0.1) is 6.54 Å². The van der Waals surface area contributed by atoms with Gasteiger partial charge in [0.2, 0.25) is 11.8 Å². The van der Waals surface area contributed by atoms with E-state index >= 15 is 0 Å². The van der Waals surface area contributed by atoms with Crippen molar-refractivity contribution in [3.05, 3.63) is 11.6 Å². The molecule has 2 unspecified atom stereocenters. The minimum Gasteiger partial charge on any atom is -0.355 e. The van der Waals surface area contributed by atoms with Crippen molar-refractivity contribution in [3.8, 4) is 0 Å². The second-order valence-electron chi connectivity index (χ2n) is 5.45. The summed E-state index contributed by atoms with van der Waals surface area (Å²) in [5.74, 6) is 2.00. The van der Waals surface area contributed by atoms with Gasteiger partial charge >= 0.3 is 0 Å². The summed E-state index contributed by atoms with van der Waals surface area (Å²) in [6, 6.07) is 0. The predicted molar refractivity (Wildman–Crippen MR) is 72.5 cm³/mol. The van der Waals surface area contributed by atoms with Crippen molar-refractivity contribution < 1.29 is 9.59 Å². The van der Waals surface area contributed by atoms with Crippen LogP contribution in [0.2, 0.25) is 0 Å². The summed E-state index contributed by atoms with van der Waals surface area (Å²) in [6.07, 6.45) is 1.26. The molecule has 110 valence electrons. The Balaban J connectivity index is 1.67. The van der Waals surface area contributed by atoms with Crippen LogP contribution in [-0.2, 0) is 16.1 Å². The average molecular weight is 279 g/mol. The summed E-state index contributed by atoms with van der Waals surface area (Å²) >= 11 is 0. The number of amides is 2. The molecule has 0 radical (unpaired) electrons. The Morgan fingerprint density at radius 2 is 2.20 bits per heavy atom. The number of nitrogens with one attached hydrogen (secondary N) is 2. The number of rotatable bonds is 6. The number of hydrogen-bond donors (Lipinski definition) is 2. The molecule has 0 spiro atoms. The monoisotopic (exact) mass is 279 g/mol. The average Bonchev–Trinajstić information content (AvgIpc) is 2.99. The zero-order valence-electron chi connectivity index (χ0n) is 12.1. The maximum atomic E-state index is 11.9. The maximum Gasteiger partial charge on any atom is 0.224 e. The first kappa shape index (κ1) is 14.5. The van der Waals surface area contributed by atoms with E-state index in [2.05, 4.69) is 27.4 Å². The second-order valence-corrected chi connectivity index (χ2v) is 5.45. The highest BCUT2D eigenvalue weighted by molar-refractivity contribution is 5.82. The zero-order chi connectivity index (χ0) is 14.7. The molecule has 1 saturated carbocycles. The summed E-state index contributed by atoms with van der Waals surface area (Å²) in [5.41, 5.74) is 0. The molecule has 2 rings (SSSR count). The lowest BCUT2D eigenvalue weighted by molar-refractivity contribution is -0.130. The summed E-state index contributed by atoms with van der Waals surface area (Å²) < 4.78 is 0. The molecule has 1 aliphatic carbocycles. The van der Waals surface area contributed by atoms with E-state index < -0.39 is 0 Å². The van der Waals surface area contributed by atoms with Crippen LogP contribution in [0.3, 0.4) is 0 Å². The summed E-state index contributed by atoms with van der Waals surface area (Å²) in [4.78, 5) is 29.2. The van der Waals surface area contributed by atoms with Crippen molar-refractivity contribution in [1.29, 1.82) is 0 Å². The van der Waals surface area contributed by atoms with Gasteiger partial charge in [0, 0.05) is 25.9 Å². The first-order valence-electron chi connectivity index (χ1n) is 6.87. The van der Waals surface area contributed by atoms with Crippen molar-refractivity contribution in [3.63, 3.8) is 0 Å². The first-order chi connectivity index (χ1) is 9.47. The lowest BCUT2D eigenvalue weighted by atomic mass is 10.3. The number of H-pyrrole nitrogens is 1. The molecule has 0 aliphatic heterocycles. The van der Waals surface area contributed by atoms with Gasteiger partial charge < -0.3 is 10.2 Å². The lowest BCUT2D eigenvalue weighted by Crippen LogP contribution is -2.32. The Morgan fingerprint density at radius 1 is 1.50 bits per heavy atom. The molecule has 1 aromatic heterocycles. The van der Waals surface area contributed by atoms with Gasteiger partial charge in [-0.15, -0.1) is 0 Å². The molecule has 0 saturated heterocycles. The van der Waals surface area contributed by atoms with Gasteiger partial charge in [0.15, 0.2) is 5.82 Å². The van der Waals surface area contributed by atoms with Crippen molar-refractivity contribution in [2.45, 2.75) is 33.2 Å². The summed E-state index contributed by atoms with van der Waals surface area (Å²) in [6.45, 7) is 4.63. The normalized spacial score (nSPS) is 20.6. The Labute approximate surface area is 118 Å². The molecule has 7 heteroatoms. The van der Waals surface area contributed by atoms with Crippen LogP contribution in [0.5, 0.6) is 0 Å². The summed E-state index contributed by atoms with van der Waals surface area (Å²) in [5, 5.41) is 9.53. The Kier molecular flexibility index (Phi) is 4.36. The van der Waals surface area contributed by atoms with Crippen molar-refractivity contribution in [1.82, 2.24) is 25.4 Å². The van der Waals surface area contributed by atoms with Crippen LogP contribution in [0.4, 0.5) is 0 Å². The molecule has 1 aliphatic rings. The fourth-order valence-corrected chi connectivity index (χ4v) is 2.06. The SMILES string of the molecule is Cc1nc(CN(C)C(=O)CCNC(=O)C2CC2C)n[nH]1. The summed E-state index contributed by atoms with van der Waals surface area (Å²) in [7, 11) is 1.71. The fraction of sp³-hybridized carbons (Fsp3) is 0.692. The third-order valence-corrected chi connectivity index (χ3v) is 3.53.